The lowest BCUT2D eigenvalue weighted by Crippen LogP contribution is -2.18. The van der Waals surface area contributed by atoms with Crippen LogP contribution in [0.2, 0.25) is 0 Å². The molecule has 0 fully saturated rings. The minimum absolute atomic E-state index is 0.0468. The highest BCUT2D eigenvalue weighted by Gasteiger charge is 2.23. The van der Waals surface area contributed by atoms with Gasteiger partial charge in [0.1, 0.15) is 0 Å². The molecule has 2 heterocycles. The number of carbonyl (C=O) groups excluding carboxylic acids is 2. The van der Waals surface area contributed by atoms with Gasteiger partial charge >= 0.3 is 0 Å². The van der Waals surface area contributed by atoms with Crippen LogP contribution in [0, 0.1) is 5.92 Å². The number of allylic oxidation sites excluding steroid dienone is 1. The lowest BCUT2D eigenvalue weighted by atomic mass is 10.1. The van der Waals surface area contributed by atoms with Crippen LogP contribution in [-0.4, -0.2) is 31.0 Å². The van der Waals surface area contributed by atoms with Crippen molar-refractivity contribution in [1.29, 1.82) is 0 Å². The Labute approximate surface area is 151 Å². The van der Waals surface area contributed by atoms with E-state index in [0.717, 1.165) is 5.41 Å². The summed E-state index contributed by atoms with van der Waals surface area (Å²) in [6.45, 7) is 0. The number of anilines is 2. The Morgan fingerprint density at radius 2 is 1.85 bits per heavy atom. The third-order valence-corrected chi connectivity index (χ3v) is 5.26. The van der Waals surface area contributed by atoms with Gasteiger partial charge in [-0.15, -0.1) is 0 Å². The maximum atomic E-state index is 12.3. The van der Waals surface area contributed by atoms with Crippen LogP contribution >= 0.6 is 0 Å². The Kier molecular flexibility index (Phi) is 5.13. The molecule has 2 amide bonds. The Balaban J connectivity index is 1.61. The molecule has 0 aliphatic carbocycles. The number of nitrogens with zero attached hydrogens (tertiary/aromatic N) is 1. The van der Waals surface area contributed by atoms with E-state index < -0.39 is 9.84 Å². The maximum Gasteiger partial charge on any atom is 0.255 e. The highest BCUT2D eigenvalue weighted by Crippen LogP contribution is 2.19. The van der Waals surface area contributed by atoms with E-state index in [1.165, 1.54) is 6.08 Å². The lowest BCUT2D eigenvalue weighted by Gasteiger charge is -2.10. The number of pyridine rings is 1. The summed E-state index contributed by atoms with van der Waals surface area (Å²) in [6.07, 6.45) is 4.75. The van der Waals surface area contributed by atoms with Crippen molar-refractivity contribution in [2.45, 2.75) is 6.42 Å². The smallest absolute Gasteiger partial charge is 0.255 e. The van der Waals surface area contributed by atoms with Crippen LogP contribution in [0.4, 0.5) is 11.4 Å². The molecule has 1 unspecified atom stereocenters. The predicted molar refractivity (Wildman–Crippen MR) is 98.3 cm³/mol. The maximum absolute atomic E-state index is 12.3. The number of amides is 2. The average Bonchev–Trinajstić information content (AvgIpc) is 2.94. The number of rotatable bonds is 5. The Morgan fingerprint density at radius 3 is 2.54 bits per heavy atom. The van der Waals surface area contributed by atoms with Crippen LogP contribution in [0.5, 0.6) is 0 Å². The van der Waals surface area contributed by atoms with Gasteiger partial charge in [-0.2, -0.15) is 0 Å². The summed E-state index contributed by atoms with van der Waals surface area (Å²) in [5.41, 5.74) is 1.49. The van der Waals surface area contributed by atoms with Crippen molar-refractivity contribution in [1.82, 2.24) is 4.98 Å². The number of hydrogen-bond acceptors (Lipinski definition) is 5. The molecule has 26 heavy (non-hydrogen) atoms. The zero-order valence-corrected chi connectivity index (χ0v) is 14.6. The molecule has 1 atom stereocenters. The largest absolute Gasteiger partial charge is 0.326 e. The van der Waals surface area contributed by atoms with Crippen LogP contribution < -0.4 is 10.6 Å². The van der Waals surface area contributed by atoms with Gasteiger partial charge in [0.15, 0.2) is 9.84 Å². The second kappa shape index (κ2) is 7.49. The molecule has 0 spiro atoms. The van der Waals surface area contributed by atoms with E-state index >= 15 is 0 Å². The summed E-state index contributed by atoms with van der Waals surface area (Å²) < 4.78 is 22.8. The first-order chi connectivity index (χ1) is 12.4. The number of carbonyl (C=O) groups is 2. The van der Waals surface area contributed by atoms with Crippen LogP contribution in [0.15, 0.2) is 60.3 Å². The molecule has 1 aliphatic rings. The molecule has 2 N–H and O–H groups in total. The number of aromatic nitrogens is 1. The molecule has 0 saturated heterocycles. The SMILES string of the molecule is O=C(CC1C=CS(=O)(=O)C1)Nc1cccc(C(=O)Nc2ccncc2)c1. The van der Waals surface area contributed by atoms with E-state index in [2.05, 4.69) is 15.6 Å². The van der Waals surface area contributed by atoms with Crippen molar-refractivity contribution in [3.8, 4) is 0 Å². The number of hydrogen-bond donors (Lipinski definition) is 2. The van der Waals surface area contributed by atoms with E-state index in [-0.39, 0.29) is 29.9 Å². The first kappa shape index (κ1) is 17.8. The third-order valence-electron chi connectivity index (χ3n) is 3.80. The van der Waals surface area contributed by atoms with E-state index in [4.69, 9.17) is 0 Å². The molecule has 0 saturated carbocycles. The fourth-order valence-corrected chi connectivity index (χ4v) is 3.99. The Hall–Kier alpha value is -3.00. The van der Waals surface area contributed by atoms with Gasteiger partial charge in [-0.25, -0.2) is 8.42 Å². The van der Waals surface area contributed by atoms with Gasteiger partial charge in [0.2, 0.25) is 5.91 Å². The van der Waals surface area contributed by atoms with Crippen molar-refractivity contribution >= 4 is 33.0 Å². The van der Waals surface area contributed by atoms with Crippen molar-refractivity contribution in [2.24, 2.45) is 5.92 Å². The van der Waals surface area contributed by atoms with Gasteiger partial charge in [0, 0.05) is 47.1 Å². The lowest BCUT2D eigenvalue weighted by molar-refractivity contribution is -0.116. The Bertz CT molecular complexity index is 955. The monoisotopic (exact) mass is 371 g/mol. The second-order valence-electron chi connectivity index (χ2n) is 5.94. The van der Waals surface area contributed by atoms with E-state index in [1.54, 1.807) is 48.8 Å². The molecule has 7 nitrogen and oxygen atoms in total. The van der Waals surface area contributed by atoms with Gasteiger partial charge in [-0.3, -0.25) is 14.6 Å². The summed E-state index contributed by atoms with van der Waals surface area (Å²) in [5.74, 6) is -0.979. The standard InChI is InChI=1S/C18H17N3O4S/c22-17(10-13-6-9-26(24,25)12-13)20-16-3-1-2-14(11-16)18(23)21-15-4-7-19-8-5-15/h1-9,11,13H,10,12H2,(H,20,22)(H,19,21,23). The van der Waals surface area contributed by atoms with Crippen molar-refractivity contribution in [3.05, 3.63) is 65.8 Å². The second-order valence-corrected chi connectivity index (χ2v) is 7.87. The molecule has 3 rings (SSSR count). The van der Waals surface area contributed by atoms with Crippen molar-refractivity contribution in [3.63, 3.8) is 0 Å². The van der Waals surface area contributed by atoms with Gasteiger partial charge in [-0.1, -0.05) is 12.1 Å². The highest BCUT2D eigenvalue weighted by atomic mass is 32.2. The molecule has 1 aromatic heterocycles. The minimum atomic E-state index is -3.18. The van der Waals surface area contributed by atoms with Gasteiger partial charge in [0.05, 0.1) is 5.75 Å². The zero-order chi connectivity index (χ0) is 18.6. The summed E-state index contributed by atoms with van der Waals surface area (Å²) in [4.78, 5) is 28.3. The molecular formula is C18H17N3O4S. The zero-order valence-electron chi connectivity index (χ0n) is 13.8. The number of sulfone groups is 1. The summed E-state index contributed by atoms with van der Waals surface area (Å²) in [7, 11) is -3.18. The van der Waals surface area contributed by atoms with Crippen LogP contribution in [0.3, 0.4) is 0 Å². The van der Waals surface area contributed by atoms with Crippen molar-refractivity contribution < 1.29 is 18.0 Å². The van der Waals surface area contributed by atoms with Gasteiger partial charge < -0.3 is 10.6 Å². The van der Waals surface area contributed by atoms with Gasteiger partial charge in [0.25, 0.3) is 5.91 Å². The molecule has 8 heteroatoms. The first-order valence-corrected chi connectivity index (χ1v) is 9.65. The number of benzene rings is 1. The van der Waals surface area contributed by atoms with Gasteiger partial charge in [-0.05, 0) is 30.3 Å². The van der Waals surface area contributed by atoms with Crippen LogP contribution in [0.25, 0.3) is 0 Å². The predicted octanol–water partition coefficient (Wildman–Crippen LogP) is 2.22. The topological polar surface area (TPSA) is 105 Å². The molecule has 134 valence electrons. The third kappa shape index (κ3) is 4.76. The van der Waals surface area contributed by atoms with Crippen LogP contribution in [-0.2, 0) is 14.6 Å². The molecule has 0 radical (unpaired) electrons. The fraction of sp³-hybridized carbons (Fsp3) is 0.167. The minimum Gasteiger partial charge on any atom is -0.326 e. The summed E-state index contributed by atoms with van der Waals surface area (Å²) >= 11 is 0. The van der Waals surface area contributed by atoms with E-state index in [1.807, 2.05) is 0 Å². The van der Waals surface area contributed by atoms with Crippen LogP contribution in [0.1, 0.15) is 16.8 Å². The summed E-state index contributed by atoms with van der Waals surface area (Å²) in [5, 5.41) is 6.58. The summed E-state index contributed by atoms with van der Waals surface area (Å²) in [6, 6.07) is 9.88. The van der Waals surface area contributed by atoms with E-state index in [0.29, 0.717) is 16.9 Å². The number of nitrogens with one attached hydrogen (secondary N) is 2. The van der Waals surface area contributed by atoms with E-state index in [9.17, 15) is 18.0 Å². The molecule has 2 aromatic rings. The fourth-order valence-electron chi connectivity index (χ4n) is 2.59. The first-order valence-electron chi connectivity index (χ1n) is 7.93. The molecular weight excluding hydrogens is 354 g/mol. The quantitative estimate of drug-likeness (QED) is 0.838. The Morgan fingerprint density at radius 1 is 1.08 bits per heavy atom. The molecule has 1 aliphatic heterocycles. The normalized spacial score (nSPS) is 17.6. The van der Waals surface area contributed by atoms with Crippen molar-refractivity contribution in [2.75, 3.05) is 16.4 Å². The highest BCUT2D eigenvalue weighted by molar-refractivity contribution is 7.94. The molecule has 1 aromatic carbocycles. The molecule has 0 bridgehead atoms. The average molecular weight is 371 g/mol.